The summed E-state index contributed by atoms with van der Waals surface area (Å²) in [5.41, 5.74) is 6.82. The number of nitrogens with one attached hydrogen (secondary N) is 1. The number of carbonyl (C=O) groups excluding carboxylic acids is 1. The Morgan fingerprint density at radius 3 is 2.27 bits per heavy atom. The molecular weight excluding hydrogens is 304 g/mol. The summed E-state index contributed by atoms with van der Waals surface area (Å²) in [5, 5.41) is 2.98. The van der Waals surface area contributed by atoms with Crippen LogP contribution in [0, 0.1) is 5.92 Å². The Morgan fingerprint density at radius 2 is 1.77 bits per heavy atom. The fourth-order valence-electron chi connectivity index (χ4n) is 2.03. The van der Waals surface area contributed by atoms with E-state index in [1.54, 1.807) is 14.2 Å². The van der Waals surface area contributed by atoms with Gasteiger partial charge in [-0.25, -0.2) is 0 Å². The van der Waals surface area contributed by atoms with Gasteiger partial charge in [-0.2, -0.15) is 0 Å². The van der Waals surface area contributed by atoms with Crippen LogP contribution < -0.4 is 20.5 Å². The monoisotopic (exact) mass is 330 g/mol. The molecule has 0 bridgehead atoms. The summed E-state index contributed by atoms with van der Waals surface area (Å²) in [4.78, 5) is 12.0. The molecule has 5 nitrogen and oxygen atoms in total. The molecule has 1 amide bonds. The maximum absolute atomic E-state index is 12.0. The second-order valence-corrected chi connectivity index (χ2v) is 5.45. The Morgan fingerprint density at radius 1 is 1.18 bits per heavy atom. The first-order chi connectivity index (χ1) is 9.88. The van der Waals surface area contributed by atoms with Gasteiger partial charge in [-0.1, -0.05) is 13.0 Å². The van der Waals surface area contributed by atoms with Gasteiger partial charge >= 0.3 is 0 Å². The number of benzene rings is 1. The molecule has 126 valence electrons. The lowest BCUT2D eigenvalue weighted by Gasteiger charge is -2.20. The second kappa shape index (κ2) is 9.54. The Balaban J connectivity index is 0.00000441. The molecule has 0 aliphatic heterocycles. The van der Waals surface area contributed by atoms with Gasteiger partial charge < -0.3 is 20.5 Å². The zero-order chi connectivity index (χ0) is 16.0. The topological polar surface area (TPSA) is 73.6 Å². The highest BCUT2D eigenvalue weighted by Gasteiger charge is 2.19. The van der Waals surface area contributed by atoms with Crippen molar-refractivity contribution in [3.63, 3.8) is 0 Å². The highest BCUT2D eigenvalue weighted by atomic mass is 35.5. The molecule has 1 aromatic carbocycles. The van der Waals surface area contributed by atoms with Crippen molar-refractivity contribution in [2.45, 2.75) is 39.3 Å². The van der Waals surface area contributed by atoms with Crippen LogP contribution in [0.5, 0.6) is 11.5 Å². The van der Waals surface area contributed by atoms with Gasteiger partial charge in [0.25, 0.3) is 0 Å². The Kier molecular flexibility index (Phi) is 8.90. The Bertz CT molecular complexity index is 480. The molecule has 0 aromatic heterocycles. The first-order valence-corrected chi connectivity index (χ1v) is 7.15. The van der Waals surface area contributed by atoms with Gasteiger partial charge in [-0.3, -0.25) is 4.79 Å². The number of methoxy groups -OCH3 is 2. The Labute approximate surface area is 139 Å². The quantitative estimate of drug-likeness (QED) is 0.803. The smallest absolute Gasteiger partial charge is 0.224 e. The number of hydrogen-bond acceptors (Lipinski definition) is 4. The maximum atomic E-state index is 12.0. The summed E-state index contributed by atoms with van der Waals surface area (Å²) in [6.45, 7) is 5.65. The summed E-state index contributed by atoms with van der Waals surface area (Å²) in [6, 6.07) is 5.64. The van der Waals surface area contributed by atoms with Crippen LogP contribution in [-0.2, 0) is 11.2 Å². The van der Waals surface area contributed by atoms with Crippen LogP contribution in [0.4, 0.5) is 0 Å². The van der Waals surface area contributed by atoms with Crippen LogP contribution in [0.3, 0.4) is 0 Å². The van der Waals surface area contributed by atoms with Crippen LogP contribution in [-0.4, -0.2) is 32.2 Å². The van der Waals surface area contributed by atoms with E-state index in [2.05, 4.69) is 5.32 Å². The second-order valence-electron chi connectivity index (χ2n) is 5.45. The summed E-state index contributed by atoms with van der Waals surface area (Å²) in [6.07, 6.45) is 0.720. The summed E-state index contributed by atoms with van der Waals surface area (Å²) >= 11 is 0. The highest BCUT2D eigenvalue weighted by molar-refractivity contribution is 5.85. The summed E-state index contributed by atoms with van der Waals surface area (Å²) in [7, 11) is 3.22. The zero-order valence-electron chi connectivity index (χ0n) is 13.9. The molecule has 3 unspecified atom stereocenters. The van der Waals surface area contributed by atoms with Crippen molar-refractivity contribution in [2.24, 2.45) is 11.7 Å². The number of carbonyl (C=O) groups is 1. The van der Waals surface area contributed by atoms with Crippen LogP contribution in [0.25, 0.3) is 0 Å². The average Bonchev–Trinajstić information content (AvgIpc) is 2.45. The molecule has 0 radical (unpaired) electrons. The number of halogens is 1. The van der Waals surface area contributed by atoms with Crippen molar-refractivity contribution in [1.29, 1.82) is 0 Å². The number of rotatable bonds is 7. The first-order valence-electron chi connectivity index (χ1n) is 7.15. The van der Waals surface area contributed by atoms with Gasteiger partial charge in [-0.05, 0) is 38.0 Å². The highest BCUT2D eigenvalue weighted by Crippen LogP contribution is 2.27. The lowest BCUT2D eigenvalue weighted by atomic mass is 10.0. The van der Waals surface area contributed by atoms with Crippen molar-refractivity contribution >= 4 is 18.3 Å². The molecule has 3 N–H and O–H groups in total. The molecular formula is C16H27ClN2O3. The lowest BCUT2D eigenvalue weighted by Crippen LogP contribution is -2.43. The van der Waals surface area contributed by atoms with Crippen molar-refractivity contribution in [3.05, 3.63) is 23.8 Å². The minimum atomic E-state index is -0.196. The molecule has 0 aliphatic rings. The lowest BCUT2D eigenvalue weighted by molar-refractivity contribution is -0.125. The van der Waals surface area contributed by atoms with Gasteiger partial charge in [0.2, 0.25) is 5.91 Å². The third-order valence-electron chi connectivity index (χ3n) is 3.58. The van der Waals surface area contributed by atoms with Gasteiger partial charge in [0.05, 0.1) is 14.2 Å². The van der Waals surface area contributed by atoms with E-state index < -0.39 is 0 Å². The third-order valence-corrected chi connectivity index (χ3v) is 3.58. The number of ether oxygens (including phenoxy) is 2. The molecule has 1 rings (SSSR count). The zero-order valence-corrected chi connectivity index (χ0v) is 14.7. The largest absolute Gasteiger partial charge is 0.493 e. The van der Waals surface area contributed by atoms with E-state index in [0.717, 1.165) is 12.0 Å². The number of nitrogens with two attached hydrogens (primary N) is 1. The molecule has 0 heterocycles. The van der Waals surface area contributed by atoms with Gasteiger partial charge in [-0.15, -0.1) is 12.4 Å². The van der Waals surface area contributed by atoms with E-state index in [1.165, 1.54) is 0 Å². The molecule has 3 atom stereocenters. The summed E-state index contributed by atoms with van der Waals surface area (Å²) < 4.78 is 10.5. The molecule has 0 saturated heterocycles. The van der Waals surface area contributed by atoms with E-state index in [1.807, 2.05) is 39.0 Å². The van der Waals surface area contributed by atoms with Crippen LogP contribution in [0.1, 0.15) is 26.3 Å². The van der Waals surface area contributed by atoms with Crippen molar-refractivity contribution < 1.29 is 14.3 Å². The molecule has 0 aliphatic carbocycles. The van der Waals surface area contributed by atoms with E-state index in [4.69, 9.17) is 15.2 Å². The predicted octanol–water partition coefficient (Wildman–Crippen LogP) is 2.16. The SMILES string of the molecule is COc1ccc(CC(C)NC(=O)C(C)C(C)N)cc1OC.Cl. The maximum Gasteiger partial charge on any atom is 0.224 e. The molecule has 0 saturated carbocycles. The van der Waals surface area contributed by atoms with Gasteiger partial charge in [0.15, 0.2) is 11.5 Å². The van der Waals surface area contributed by atoms with Crippen LogP contribution >= 0.6 is 12.4 Å². The van der Waals surface area contributed by atoms with Gasteiger partial charge in [0.1, 0.15) is 0 Å². The number of amides is 1. The molecule has 1 aromatic rings. The van der Waals surface area contributed by atoms with E-state index >= 15 is 0 Å². The first kappa shape index (κ1) is 20.5. The minimum Gasteiger partial charge on any atom is -0.493 e. The van der Waals surface area contributed by atoms with E-state index in [9.17, 15) is 4.79 Å². The standard InChI is InChI=1S/C16H26N2O3.ClH/c1-10(18-16(19)11(2)12(3)17)8-13-6-7-14(20-4)15(9-13)21-5;/h6-7,9-12H,8,17H2,1-5H3,(H,18,19);1H. The average molecular weight is 331 g/mol. The van der Waals surface area contributed by atoms with E-state index in [0.29, 0.717) is 11.5 Å². The fourth-order valence-corrected chi connectivity index (χ4v) is 2.03. The predicted molar refractivity (Wildman–Crippen MR) is 90.9 cm³/mol. The van der Waals surface area contributed by atoms with Crippen molar-refractivity contribution in [2.75, 3.05) is 14.2 Å². The van der Waals surface area contributed by atoms with E-state index in [-0.39, 0.29) is 36.3 Å². The fraction of sp³-hybridized carbons (Fsp3) is 0.562. The summed E-state index contributed by atoms with van der Waals surface area (Å²) in [5.74, 6) is 1.18. The normalized spacial score (nSPS) is 14.3. The van der Waals surface area contributed by atoms with Crippen LogP contribution in [0.15, 0.2) is 18.2 Å². The molecule has 0 fully saturated rings. The Hall–Kier alpha value is -1.46. The van der Waals surface area contributed by atoms with Gasteiger partial charge in [0, 0.05) is 18.0 Å². The number of hydrogen-bond donors (Lipinski definition) is 2. The van der Waals surface area contributed by atoms with Crippen molar-refractivity contribution in [3.8, 4) is 11.5 Å². The van der Waals surface area contributed by atoms with Crippen LogP contribution in [0.2, 0.25) is 0 Å². The van der Waals surface area contributed by atoms with Crippen molar-refractivity contribution in [1.82, 2.24) is 5.32 Å². The molecule has 22 heavy (non-hydrogen) atoms. The molecule has 0 spiro atoms. The molecule has 6 heteroatoms. The minimum absolute atomic E-state index is 0. The third kappa shape index (κ3) is 5.73.